The molecule has 0 fully saturated rings. The van der Waals surface area contributed by atoms with Gasteiger partial charge in [0.25, 0.3) is 5.69 Å². The van der Waals surface area contributed by atoms with Gasteiger partial charge in [-0.1, -0.05) is 19.1 Å². The number of esters is 1. The Labute approximate surface area is 98.0 Å². The van der Waals surface area contributed by atoms with Gasteiger partial charge >= 0.3 is 5.97 Å². The minimum absolute atomic E-state index is 0.105. The number of hydrogen-bond acceptors (Lipinski definition) is 5. The highest BCUT2D eigenvalue weighted by Gasteiger charge is 2.31. The molecule has 0 spiro atoms. The maximum absolute atomic E-state index is 10.9. The summed E-state index contributed by atoms with van der Waals surface area (Å²) in [7, 11) is 0. The van der Waals surface area contributed by atoms with Crippen molar-refractivity contribution < 1.29 is 19.6 Å². The van der Waals surface area contributed by atoms with Crippen LogP contribution in [-0.2, 0) is 15.3 Å². The van der Waals surface area contributed by atoms with E-state index >= 15 is 0 Å². The lowest BCUT2D eigenvalue weighted by Gasteiger charge is -2.26. The van der Waals surface area contributed by atoms with Crippen LogP contribution in [0, 0.1) is 10.1 Å². The molecular weight excluding hydrogens is 226 g/mol. The first-order chi connectivity index (χ1) is 7.89. The maximum Gasteiger partial charge on any atom is 0.305 e. The van der Waals surface area contributed by atoms with E-state index in [1.807, 2.05) is 0 Å². The van der Waals surface area contributed by atoms with E-state index in [0.29, 0.717) is 0 Å². The lowest BCUT2D eigenvalue weighted by molar-refractivity contribution is -0.385. The highest BCUT2D eigenvalue weighted by Crippen LogP contribution is 2.29. The molecule has 0 heterocycles. The number of nitro groups is 1. The molecule has 0 saturated heterocycles. The Hall–Kier alpha value is -1.95. The summed E-state index contributed by atoms with van der Waals surface area (Å²) < 4.78 is 4.80. The van der Waals surface area contributed by atoms with Gasteiger partial charge in [-0.3, -0.25) is 14.9 Å². The van der Waals surface area contributed by atoms with Crippen LogP contribution >= 0.6 is 0 Å². The molecule has 1 aromatic carbocycles. The van der Waals surface area contributed by atoms with E-state index in [4.69, 9.17) is 4.74 Å². The van der Waals surface area contributed by atoms with Crippen LogP contribution < -0.4 is 0 Å². The van der Waals surface area contributed by atoms with Gasteiger partial charge in [-0.05, 0) is 0 Å². The third kappa shape index (κ3) is 3.01. The van der Waals surface area contributed by atoms with Gasteiger partial charge in [0.05, 0.1) is 4.92 Å². The van der Waals surface area contributed by atoms with Gasteiger partial charge in [0.15, 0.2) is 0 Å². The quantitative estimate of drug-likeness (QED) is 0.374. The summed E-state index contributed by atoms with van der Waals surface area (Å²) in [6.45, 7) is 2.78. The van der Waals surface area contributed by atoms with Crippen LogP contribution in [0.2, 0.25) is 0 Å². The Morgan fingerprint density at radius 3 is 2.71 bits per heavy atom. The molecule has 0 aliphatic carbocycles. The first-order valence-corrected chi connectivity index (χ1v) is 5.06. The molecule has 0 aliphatic heterocycles. The van der Waals surface area contributed by atoms with E-state index in [-0.39, 0.29) is 17.7 Å². The molecule has 17 heavy (non-hydrogen) atoms. The number of rotatable bonds is 4. The summed E-state index contributed by atoms with van der Waals surface area (Å²) in [5.41, 5.74) is 0.0194. The molecule has 6 nitrogen and oxygen atoms in total. The van der Waals surface area contributed by atoms with Gasteiger partial charge in [-0.15, -0.1) is 0 Å². The highest BCUT2D eigenvalue weighted by atomic mass is 16.7. The van der Waals surface area contributed by atoms with Crippen molar-refractivity contribution in [1.82, 2.24) is 0 Å². The van der Waals surface area contributed by atoms with Crippen molar-refractivity contribution in [3.8, 4) is 0 Å². The zero-order chi connectivity index (χ0) is 13.1. The fourth-order valence-electron chi connectivity index (χ4n) is 1.44. The van der Waals surface area contributed by atoms with E-state index in [1.165, 1.54) is 24.3 Å². The number of benzene rings is 1. The molecule has 1 N–H and O–H groups in total. The molecule has 0 aromatic heterocycles. The van der Waals surface area contributed by atoms with E-state index in [2.05, 4.69) is 0 Å². The van der Waals surface area contributed by atoms with Gasteiger partial charge in [0.2, 0.25) is 5.79 Å². The van der Waals surface area contributed by atoms with Crippen LogP contribution in [0.1, 0.15) is 25.8 Å². The maximum atomic E-state index is 10.9. The van der Waals surface area contributed by atoms with Crippen molar-refractivity contribution in [3.63, 3.8) is 0 Å². The van der Waals surface area contributed by atoms with Crippen molar-refractivity contribution in [3.05, 3.63) is 39.9 Å². The van der Waals surface area contributed by atoms with Crippen LogP contribution in [0.4, 0.5) is 5.69 Å². The second-order valence-corrected chi connectivity index (χ2v) is 3.54. The van der Waals surface area contributed by atoms with Gasteiger partial charge in [-0.25, -0.2) is 0 Å². The number of carbonyl (C=O) groups excluding carboxylic acids is 1. The summed E-state index contributed by atoms with van der Waals surface area (Å²) >= 11 is 0. The third-order valence-corrected chi connectivity index (χ3v) is 2.30. The molecule has 0 saturated carbocycles. The van der Waals surface area contributed by atoms with Crippen LogP contribution in [0.15, 0.2) is 24.3 Å². The van der Waals surface area contributed by atoms with Crippen LogP contribution in [0.3, 0.4) is 0 Å². The van der Waals surface area contributed by atoms with Crippen molar-refractivity contribution in [2.24, 2.45) is 0 Å². The summed E-state index contributed by atoms with van der Waals surface area (Å²) in [5, 5.41) is 20.7. The van der Waals surface area contributed by atoms with Gasteiger partial charge in [0.1, 0.15) is 0 Å². The molecule has 1 rings (SSSR count). The fourth-order valence-corrected chi connectivity index (χ4v) is 1.44. The number of non-ortho nitro benzene ring substituents is 1. The highest BCUT2D eigenvalue weighted by molar-refractivity contribution is 5.66. The Morgan fingerprint density at radius 1 is 1.59 bits per heavy atom. The topological polar surface area (TPSA) is 89.7 Å². The second kappa shape index (κ2) is 4.92. The lowest BCUT2D eigenvalue weighted by atomic mass is 10.0. The van der Waals surface area contributed by atoms with Crippen molar-refractivity contribution in [1.29, 1.82) is 0 Å². The molecule has 0 amide bonds. The second-order valence-electron chi connectivity index (χ2n) is 3.54. The number of carbonyl (C=O) groups is 1. The number of nitrogens with zero attached hydrogens (tertiary/aromatic N) is 1. The molecule has 0 bridgehead atoms. The lowest BCUT2D eigenvalue weighted by Crippen LogP contribution is -2.30. The van der Waals surface area contributed by atoms with Crippen LogP contribution in [0.25, 0.3) is 0 Å². The number of nitro benzene ring substituents is 1. The third-order valence-electron chi connectivity index (χ3n) is 2.30. The Kier molecular flexibility index (Phi) is 3.80. The van der Waals surface area contributed by atoms with Crippen LogP contribution in [-0.4, -0.2) is 16.0 Å². The SMILES string of the molecule is CC[C@@](O)(OC(C)=O)c1cccc([N+](=O)[O-])c1. The summed E-state index contributed by atoms with van der Waals surface area (Å²) in [5.74, 6) is -2.47. The zero-order valence-corrected chi connectivity index (χ0v) is 9.54. The molecule has 0 radical (unpaired) electrons. The average Bonchev–Trinajstić information content (AvgIpc) is 2.28. The normalized spacial score (nSPS) is 13.8. The number of ether oxygens (including phenoxy) is 1. The number of hydrogen-bond donors (Lipinski definition) is 1. The smallest absolute Gasteiger partial charge is 0.305 e. The molecule has 0 aliphatic rings. The Morgan fingerprint density at radius 2 is 2.24 bits per heavy atom. The Balaban J connectivity index is 3.15. The number of aliphatic hydroxyl groups is 1. The summed E-state index contributed by atoms with van der Waals surface area (Å²) in [4.78, 5) is 20.9. The standard InChI is InChI=1S/C11H13NO5/c1-3-11(14,17-8(2)13)9-5-4-6-10(7-9)12(15)16/h4-7,14H,3H2,1-2H3/t11-/m1/s1. The first-order valence-electron chi connectivity index (χ1n) is 5.06. The van der Waals surface area contributed by atoms with Crippen molar-refractivity contribution >= 4 is 11.7 Å². The monoisotopic (exact) mass is 239 g/mol. The predicted octanol–water partition coefficient (Wildman–Crippen LogP) is 1.71. The zero-order valence-electron chi connectivity index (χ0n) is 9.54. The molecule has 0 unspecified atom stereocenters. The van der Waals surface area contributed by atoms with Crippen LogP contribution in [0.5, 0.6) is 0 Å². The van der Waals surface area contributed by atoms with Gasteiger partial charge in [-0.2, -0.15) is 0 Å². The van der Waals surface area contributed by atoms with E-state index in [0.717, 1.165) is 6.92 Å². The van der Waals surface area contributed by atoms with E-state index in [1.54, 1.807) is 6.92 Å². The Bertz CT molecular complexity index is 445. The van der Waals surface area contributed by atoms with Crippen molar-refractivity contribution in [2.75, 3.05) is 0 Å². The molecule has 6 heteroatoms. The fraction of sp³-hybridized carbons (Fsp3) is 0.364. The largest absolute Gasteiger partial charge is 0.429 e. The minimum Gasteiger partial charge on any atom is -0.429 e. The average molecular weight is 239 g/mol. The minimum atomic E-state index is -1.82. The molecule has 1 atom stereocenters. The van der Waals surface area contributed by atoms with Gasteiger partial charge < -0.3 is 9.84 Å². The van der Waals surface area contributed by atoms with E-state index < -0.39 is 16.7 Å². The van der Waals surface area contributed by atoms with Crippen molar-refractivity contribution in [2.45, 2.75) is 26.1 Å². The van der Waals surface area contributed by atoms with E-state index in [9.17, 15) is 20.0 Å². The summed E-state index contributed by atoms with van der Waals surface area (Å²) in [6, 6.07) is 5.39. The first kappa shape index (κ1) is 13.1. The molecule has 92 valence electrons. The van der Waals surface area contributed by atoms with Gasteiger partial charge in [0, 0.05) is 31.0 Å². The molecule has 1 aromatic rings. The predicted molar refractivity (Wildman–Crippen MR) is 59.1 cm³/mol. The summed E-state index contributed by atoms with van der Waals surface area (Å²) in [6.07, 6.45) is 0.105. The molecular formula is C11H13NO5.